The van der Waals surface area contributed by atoms with Crippen LogP contribution in [0.4, 0.5) is 0 Å². The standard InChI is InChI=1S/C11H18N2/c1-9(2)3-4-13-7-10-5-12-6-11(10)8-13/h12H,1,3-8H2,2H3. The van der Waals surface area contributed by atoms with Crippen molar-refractivity contribution in [3.63, 3.8) is 0 Å². The molecule has 0 aromatic carbocycles. The first-order valence-electron chi connectivity index (χ1n) is 5.03. The Labute approximate surface area is 80.3 Å². The van der Waals surface area contributed by atoms with Crippen LogP contribution in [0.5, 0.6) is 0 Å². The van der Waals surface area contributed by atoms with Crippen LogP contribution in [0.15, 0.2) is 23.3 Å². The molecule has 0 atom stereocenters. The molecule has 2 aliphatic heterocycles. The van der Waals surface area contributed by atoms with Gasteiger partial charge in [0.15, 0.2) is 0 Å². The zero-order valence-corrected chi connectivity index (χ0v) is 8.40. The van der Waals surface area contributed by atoms with Crippen molar-refractivity contribution in [1.29, 1.82) is 0 Å². The molecule has 2 nitrogen and oxygen atoms in total. The summed E-state index contributed by atoms with van der Waals surface area (Å²) in [6.07, 6.45) is 1.15. The number of hydrogen-bond donors (Lipinski definition) is 1. The van der Waals surface area contributed by atoms with Gasteiger partial charge < -0.3 is 5.32 Å². The molecule has 0 aliphatic carbocycles. The van der Waals surface area contributed by atoms with E-state index in [0.29, 0.717) is 0 Å². The fourth-order valence-corrected chi connectivity index (χ4v) is 2.05. The Balaban J connectivity index is 1.79. The van der Waals surface area contributed by atoms with Gasteiger partial charge in [-0.2, -0.15) is 0 Å². The number of nitrogens with one attached hydrogen (secondary N) is 1. The SMILES string of the molecule is C=C(C)CCN1CC2=C(CNC2)C1. The fraction of sp³-hybridized carbons (Fsp3) is 0.636. The smallest absolute Gasteiger partial charge is 0.0212 e. The lowest BCUT2D eigenvalue weighted by atomic mass is 10.2. The minimum atomic E-state index is 1.12. The predicted octanol–water partition coefficient (Wildman–Crippen LogP) is 1.17. The molecule has 0 fully saturated rings. The molecule has 0 aromatic heterocycles. The van der Waals surface area contributed by atoms with E-state index in [1.54, 1.807) is 11.1 Å². The molecule has 0 unspecified atom stereocenters. The lowest BCUT2D eigenvalue weighted by molar-refractivity contribution is 0.342. The molecule has 2 aliphatic rings. The van der Waals surface area contributed by atoms with Crippen LogP contribution in [0.25, 0.3) is 0 Å². The van der Waals surface area contributed by atoms with Crippen molar-refractivity contribution >= 4 is 0 Å². The highest BCUT2D eigenvalue weighted by Crippen LogP contribution is 2.20. The van der Waals surface area contributed by atoms with Crippen molar-refractivity contribution in [2.45, 2.75) is 13.3 Å². The first-order chi connectivity index (χ1) is 6.25. The maximum absolute atomic E-state index is 3.94. The van der Waals surface area contributed by atoms with E-state index in [9.17, 15) is 0 Å². The summed E-state index contributed by atoms with van der Waals surface area (Å²) >= 11 is 0. The minimum absolute atomic E-state index is 1.12. The third-order valence-corrected chi connectivity index (χ3v) is 2.86. The Bertz CT molecular complexity index is 237. The third-order valence-electron chi connectivity index (χ3n) is 2.86. The van der Waals surface area contributed by atoms with Crippen LogP contribution >= 0.6 is 0 Å². The highest BCUT2D eigenvalue weighted by atomic mass is 15.2. The minimum Gasteiger partial charge on any atom is -0.309 e. The highest BCUT2D eigenvalue weighted by Gasteiger charge is 2.24. The zero-order valence-electron chi connectivity index (χ0n) is 8.40. The Kier molecular flexibility index (Phi) is 2.51. The van der Waals surface area contributed by atoms with Gasteiger partial charge in [0.1, 0.15) is 0 Å². The molecule has 2 heteroatoms. The summed E-state index contributed by atoms with van der Waals surface area (Å²) in [5.41, 5.74) is 4.58. The molecule has 0 bridgehead atoms. The summed E-state index contributed by atoms with van der Waals surface area (Å²) in [7, 11) is 0. The van der Waals surface area contributed by atoms with Gasteiger partial charge in [0, 0.05) is 32.7 Å². The second kappa shape index (κ2) is 3.64. The van der Waals surface area contributed by atoms with Crippen molar-refractivity contribution in [3.05, 3.63) is 23.3 Å². The molecular weight excluding hydrogens is 160 g/mol. The van der Waals surface area contributed by atoms with E-state index in [0.717, 1.165) is 19.5 Å². The molecule has 13 heavy (non-hydrogen) atoms. The van der Waals surface area contributed by atoms with Crippen LogP contribution < -0.4 is 5.32 Å². The summed E-state index contributed by atoms with van der Waals surface area (Å²) in [6, 6.07) is 0. The maximum atomic E-state index is 3.94. The summed E-state index contributed by atoms with van der Waals surface area (Å²) in [4.78, 5) is 2.53. The van der Waals surface area contributed by atoms with E-state index in [4.69, 9.17) is 0 Å². The Hall–Kier alpha value is -0.600. The molecule has 0 aromatic rings. The molecule has 0 radical (unpaired) electrons. The van der Waals surface area contributed by atoms with Gasteiger partial charge in [-0.1, -0.05) is 5.57 Å². The average Bonchev–Trinajstić information content (AvgIpc) is 2.58. The molecule has 1 N–H and O–H groups in total. The van der Waals surface area contributed by atoms with E-state index in [1.165, 1.54) is 25.2 Å². The lowest BCUT2D eigenvalue weighted by Gasteiger charge is -2.17. The molecule has 72 valence electrons. The van der Waals surface area contributed by atoms with Crippen LogP contribution in [0.1, 0.15) is 13.3 Å². The van der Waals surface area contributed by atoms with Gasteiger partial charge >= 0.3 is 0 Å². The number of hydrogen-bond acceptors (Lipinski definition) is 2. The van der Waals surface area contributed by atoms with Gasteiger partial charge in [0.05, 0.1) is 0 Å². The third kappa shape index (κ3) is 2.01. The van der Waals surface area contributed by atoms with Crippen molar-refractivity contribution < 1.29 is 0 Å². The van der Waals surface area contributed by atoms with Gasteiger partial charge in [0.2, 0.25) is 0 Å². The normalized spacial score (nSPS) is 22.5. The monoisotopic (exact) mass is 178 g/mol. The molecule has 0 amide bonds. The van der Waals surface area contributed by atoms with Crippen LogP contribution in [-0.2, 0) is 0 Å². The highest BCUT2D eigenvalue weighted by molar-refractivity contribution is 5.29. The van der Waals surface area contributed by atoms with Crippen molar-refractivity contribution in [2.24, 2.45) is 0 Å². The van der Waals surface area contributed by atoms with Crippen molar-refractivity contribution in [3.8, 4) is 0 Å². The van der Waals surface area contributed by atoms with Gasteiger partial charge in [-0.05, 0) is 24.5 Å². The van der Waals surface area contributed by atoms with Crippen LogP contribution in [0.2, 0.25) is 0 Å². The van der Waals surface area contributed by atoms with Crippen LogP contribution in [0, 0.1) is 0 Å². The predicted molar refractivity (Wildman–Crippen MR) is 55.8 cm³/mol. The van der Waals surface area contributed by atoms with Gasteiger partial charge in [0.25, 0.3) is 0 Å². The first kappa shape index (κ1) is 8.97. The zero-order chi connectivity index (χ0) is 9.26. The second-order valence-corrected chi connectivity index (χ2v) is 4.23. The Morgan fingerprint density at radius 1 is 1.38 bits per heavy atom. The Morgan fingerprint density at radius 2 is 2.00 bits per heavy atom. The maximum Gasteiger partial charge on any atom is 0.0212 e. The molecule has 0 saturated carbocycles. The molecule has 0 spiro atoms. The Morgan fingerprint density at radius 3 is 2.54 bits per heavy atom. The van der Waals surface area contributed by atoms with E-state index in [1.807, 2.05) is 0 Å². The molecule has 2 rings (SSSR count). The average molecular weight is 178 g/mol. The molecular formula is C11H18N2. The topological polar surface area (TPSA) is 15.3 Å². The van der Waals surface area contributed by atoms with E-state index in [2.05, 4.69) is 23.7 Å². The second-order valence-electron chi connectivity index (χ2n) is 4.23. The summed E-state index contributed by atoms with van der Waals surface area (Å²) in [6.45, 7) is 11.9. The largest absolute Gasteiger partial charge is 0.309 e. The summed E-state index contributed by atoms with van der Waals surface area (Å²) in [5.74, 6) is 0. The fourth-order valence-electron chi connectivity index (χ4n) is 2.05. The van der Waals surface area contributed by atoms with Gasteiger partial charge in [-0.15, -0.1) is 6.58 Å². The lowest BCUT2D eigenvalue weighted by Crippen LogP contribution is -2.27. The van der Waals surface area contributed by atoms with Gasteiger partial charge in [-0.25, -0.2) is 0 Å². The van der Waals surface area contributed by atoms with Crippen LogP contribution in [-0.4, -0.2) is 37.6 Å². The quantitative estimate of drug-likeness (QED) is 0.653. The molecule has 0 saturated heterocycles. The van der Waals surface area contributed by atoms with E-state index >= 15 is 0 Å². The first-order valence-corrected chi connectivity index (χ1v) is 5.03. The summed E-state index contributed by atoms with van der Waals surface area (Å²) in [5, 5.41) is 3.39. The van der Waals surface area contributed by atoms with Crippen molar-refractivity contribution in [2.75, 3.05) is 32.7 Å². The number of rotatable bonds is 3. The van der Waals surface area contributed by atoms with E-state index < -0.39 is 0 Å². The van der Waals surface area contributed by atoms with Crippen molar-refractivity contribution in [1.82, 2.24) is 10.2 Å². The number of nitrogens with zero attached hydrogens (tertiary/aromatic N) is 1. The van der Waals surface area contributed by atoms with Crippen LogP contribution in [0.3, 0.4) is 0 Å². The molecule has 2 heterocycles. The van der Waals surface area contributed by atoms with Gasteiger partial charge in [-0.3, -0.25) is 4.90 Å². The van der Waals surface area contributed by atoms with E-state index in [-0.39, 0.29) is 0 Å². The summed E-state index contributed by atoms with van der Waals surface area (Å²) < 4.78 is 0.